The molecule has 1 aliphatic heterocycles. The number of hydrogen-bond donors (Lipinski definition) is 0. The maximum Gasteiger partial charge on any atom is 0.0440 e. The maximum atomic E-state index is 4.67. The van der Waals surface area contributed by atoms with Crippen LogP contribution in [0.15, 0.2) is 28.4 Å². The number of nitrogens with zero attached hydrogens (tertiary/aromatic N) is 1. The molecule has 1 fully saturated rings. The standard InChI is InChI=1S/C13H19N/c1-4-5-6-7-13-12-8-11(12)9(2)10(3)14-13/h6-7,11-12H,4-5,8H2,1-3H3/b7-6+. The second-order valence-corrected chi connectivity index (χ2v) is 4.44. The zero-order valence-electron chi connectivity index (χ0n) is 9.38. The summed E-state index contributed by atoms with van der Waals surface area (Å²) in [6, 6.07) is 0. The Bertz CT molecular complexity index is 320. The molecule has 0 aromatic carbocycles. The molecule has 0 aromatic rings. The van der Waals surface area contributed by atoms with Crippen LogP contribution in [0.2, 0.25) is 0 Å². The van der Waals surface area contributed by atoms with Gasteiger partial charge in [-0.3, -0.25) is 4.99 Å². The van der Waals surface area contributed by atoms with Crippen molar-refractivity contribution in [2.75, 3.05) is 0 Å². The lowest BCUT2D eigenvalue weighted by Crippen LogP contribution is -2.06. The van der Waals surface area contributed by atoms with Gasteiger partial charge in [0.15, 0.2) is 0 Å². The SMILES string of the molecule is CCC/C=C/C1=NC(C)=C(C)C2CC12. The molecule has 2 rings (SSSR count). The van der Waals surface area contributed by atoms with E-state index in [1.807, 2.05) is 0 Å². The number of fused-ring (bicyclic) bond motifs is 1. The van der Waals surface area contributed by atoms with Gasteiger partial charge in [-0.25, -0.2) is 0 Å². The first kappa shape index (κ1) is 9.70. The van der Waals surface area contributed by atoms with Gasteiger partial charge in [0.25, 0.3) is 0 Å². The molecule has 1 saturated carbocycles. The van der Waals surface area contributed by atoms with Crippen molar-refractivity contribution in [1.82, 2.24) is 0 Å². The van der Waals surface area contributed by atoms with Crippen LogP contribution in [0, 0.1) is 11.8 Å². The van der Waals surface area contributed by atoms with Crippen LogP contribution in [0.25, 0.3) is 0 Å². The zero-order chi connectivity index (χ0) is 10.1. The molecule has 0 radical (unpaired) electrons. The van der Waals surface area contributed by atoms with Crippen LogP contribution >= 0.6 is 0 Å². The second kappa shape index (κ2) is 3.72. The summed E-state index contributed by atoms with van der Waals surface area (Å²) >= 11 is 0. The number of allylic oxidation sites excluding steroid dienone is 4. The number of aliphatic imine (C=N–C) groups is 1. The van der Waals surface area contributed by atoms with Gasteiger partial charge in [-0.2, -0.15) is 0 Å². The minimum absolute atomic E-state index is 0.756. The molecule has 14 heavy (non-hydrogen) atoms. The molecule has 2 unspecified atom stereocenters. The molecule has 1 heterocycles. The highest BCUT2D eigenvalue weighted by Gasteiger charge is 2.43. The fraction of sp³-hybridized carbons (Fsp3) is 0.615. The fourth-order valence-electron chi connectivity index (χ4n) is 2.17. The third-order valence-corrected chi connectivity index (χ3v) is 3.34. The van der Waals surface area contributed by atoms with Crippen molar-refractivity contribution in [3.8, 4) is 0 Å². The van der Waals surface area contributed by atoms with Crippen LogP contribution in [-0.4, -0.2) is 5.71 Å². The molecule has 0 saturated heterocycles. The molecule has 0 aromatic heterocycles. The van der Waals surface area contributed by atoms with E-state index in [1.165, 1.54) is 36.2 Å². The summed E-state index contributed by atoms with van der Waals surface area (Å²) in [5, 5.41) is 0. The van der Waals surface area contributed by atoms with Gasteiger partial charge in [-0.15, -0.1) is 0 Å². The van der Waals surface area contributed by atoms with Gasteiger partial charge in [-0.05, 0) is 44.3 Å². The van der Waals surface area contributed by atoms with E-state index in [2.05, 4.69) is 37.9 Å². The van der Waals surface area contributed by atoms with E-state index in [4.69, 9.17) is 0 Å². The van der Waals surface area contributed by atoms with Crippen LogP contribution < -0.4 is 0 Å². The van der Waals surface area contributed by atoms with Crippen molar-refractivity contribution in [3.63, 3.8) is 0 Å². The van der Waals surface area contributed by atoms with E-state index in [0.29, 0.717) is 0 Å². The molecule has 76 valence electrons. The van der Waals surface area contributed by atoms with E-state index in [9.17, 15) is 0 Å². The van der Waals surface area contributed by atoms with Gasteiger partial charge in [0.1, 0.15) is 0 Å². The van der Waals surface area contributed by atoms with Crippen molar-refractivity contribution >= 4 is 5.71 Å². The van der Waals surface area contributed by atoms with E-state index < -0.39 is 0 Å². The Morgan fingerprint density at radius 2 is 2.14 bits per heavy atom. The molecule has 1 heteroatoms. The highest BCUT2D eigenvalue weighted by atomic mass is 14.8. The normalized spacial score (nSPS) is 30.6. The molecule has 0 bridgehead atoms. The average molecular weight is 189 g/mol. The maximum absolute atomic E-state index is 4.67. The highest BCUT2D eigenvalue weighted by Crippen LogP contribution is 2.49. The van der Waals surface area contributed by atoms with Crippen LogP contribution in [0.4, 0.5) is 0 Å². The quantitative estimate of drug-likeness (QED) is 0.641. The molecule has 0 spiro atoms. The zero-order valence-corrected chi connectivity index (χ0v) is 9.38. The minimum Gasteiger partial charge on any atom is -0.258 e. The Labute approximate surface area is 86.6 Å². The van der Waals surface area contributed by atoms with E-state index in [0.717, 1.165) is 11.8 Å². The lowest BCUT2D eigenvalue weighted by Gasteiger charge is -2.11. The first-order chi connectivity index (χ1) is 6.74. The summed E-state index contributed by atoms with van der Waals surface area (Å²) in [4.78, 5) is 4.67. The van der Waals surface area contributed by atoms with Crippen LogP contribution in [0.3, 0.4) is 0 Å². The summed E-state index contributed by atoms with van der Waals surface area (Å²) in [7, 11) is 0. The summed E-state index contributed by atoms with van der Waals surface area (Å²) in [6.45, 7) is 6.58. The Morgan fingerprint density at radius 3 is 2.86 bits per heavy atom. The number of hydrogen-bond acceptors (Lipinski definition) is 1. The third-order valence-electron chi connectivity index (χ3n) is 3.34. The van der Waals surface area contributed by atoms with Gasteiger partial charge in [-0.1, -0.05) is 19.4 Å². The monoisotopic (exact) mass is 189 g/mol. The average Bonchev–Trinajstić information content (AvgIpc) is 2.93. The van der Waals surface area contributed by atoms with Crippen molar-refractivity contribution in [3.05, 3.63) is 23.4 Å². The molecule has 2 atom stereocenters. The topological polar surface area (TPSA) is 12.4 Å². The van der Waals surface area contributed by atoms with Crippen LogP contribution in [0.5, 0.6) is 0 Å². The number of unbranched alkanes of at least 4 members (excludes halogenated alkanes) is 1. The first-order valence-electron chi connectivity index (χ1n) is 5.66. The number of rotatable bonds is 3. The Hall–Kier alpha value is -0.850. The first-order valence-corrected chi connectivity index (χ1v) is 5.66. The van der Waals surface area contributed by atoms with Crippen LogP contribution in [-0.2, 0) is 0 Å². The van der Waals surface area contributed by atoms with Gasteiger partial charge in [0, 0.05) is 17.3 Å². The third kappa shape index (κ3) is 1.68. The summed E-state index contributed by atoms with van der Waals surface area (Å²) in [5.41, 5.74) is 4.09. The fourth-order valence-corrected chi connectivity index (χ4v) is 2.17. The van der Waals surface area contributed by atoms with Gasteiger partial charge >= 0.3 is 0 Å². The molecule has 0 amide bonds. The van der Waals surface area contributed by atoms with E-state index in [-0.39, 0.29) is 0 Å². The summed E-state index contributed by atoms with van der Waals surface area (Å²) in [6.07, 6.45) is 8.24. The molecule has 0 N–H and O–H groups in total. The largest absolute Gasteiger partial charge is 0.258 e. The molecule has 2 aliphatic rings. The predicted octanol–water partition coefficient (Wildman–Crippen LogP) is 3.73. The molecule has 1 nitrogen and oxygen atoms in total. The molecule has 1 aliphatic carbocycles. The smallest absolute Gasteiger partial charge is 0.0440 e. The predicted molar refractivity (Wildman–Crippen MR) is 61.5 cm³/mol. The Morgan fingerprint density at radius 1 is 1.36 bits per heavy atom. The summed E-state index contributed by atoms with van der Waals surface area (Å²) in [5.74, 6) is 1.58. The molecular weight excluding hydrogens is 170 g/mol. The lowest BCUT2D eigenvalue weighted by atomic mass is 10.0. The second-order valence-electron chi connectivity index (χ2n) is 4.44. The lowest BCUT2D eigenvalue weighted by molar-refractivity contribution is 0.892. The van der Waals surface area contributed by atoms with Gasteiger partial charge in [0.2, 0.25) is 0 Å². The van der Waals surface area contributed by atoms with Crippen molar-refractivity contribution in [1.29, 1.82) is 0 Å². The van der Waals surface area contributed by atoms with Gasteiger partial charge in [0.05, 0.1) is 0 Å². The van der Waals surface area contributed by atoms with Crippen molar-refractivity contribution in [2.45, 2.75) is 40.0 Å². The Balaban J connectivity index is 2.10. The van der Waals surface area contributed by atoms with Gasteiger partial charge < -0.3 is 0 Å². The van der Waals surface area contributed by atoms with Crippen LogP contribution in [0.1, 0.15) is 40.0 Å². The minimum atomic E-state index is 0.756. The van der Waals surface area contributed by atoms with Crippen molar-refractivity contribution in [2.24, 2.45) is 16.8 Å². The van der Waals surface area contributed by atoms with E-state index >= 15 is 0 Å². The van der Waals surface area contributed by atoms with E-state index in [1.54, 1.807) is 0 Å². The highest BCUT2D eigenvalue weighted by molar-refractivity contribution is 6.00. The molecular formula is C13H19N. The Kier molecular flexibility index (Phi) is 2.58. The van der Waals surface area contributed by atoms with Crippen molar-refractivity contribution < 1.29 is 0 Å². The summed E-state index contributed by atoms with van der Waals surface area (Å²) < 4.78 is 0.